The van der Waals surface area contributed by atoms with Crippen LogP contribution in [0.4, 0.5) is 23.8 Å². The minimum atomic E-state index is -4.36. The molecule has 1 atom stereocenters. The normalized spacial score (nSPS) is 17.6. The van der Waals surface area contributed by atoms with Gasteiger partial charge in [0.05, 0.1) is 12.6 Å². The van der Waals surface area contributed by atoms with E-state index in [-0.39, 0.29) is 11.9 Å². The summed E-state index contributed by atoms with van der Waals surface area (Å²) in [6.07, 6.45) is -0.320. The smallest absolute Gasteiger partial charge is 0.333 e. The zero-order valence-electron chi connectivity index (χ0n) is 11.9. The molecule has 0 spiro atoms. The number of alkyl halides is 3. The van der Waals surface area contributed by atoms with Crippen molar-refractivity contribution in [3.63, 3.8) is 0 Å². The lowest BCUT2D eigenvalue weighted by Gasteiger charge is -2.23. The van der Waals surface area contributed by atoms with E-state index < -0.39 is 18.8 Å². The quantitative estimate of drug-likeness (QED) is 0.885. The molecule has 0 radical (unpaired) electrons. The molecule has 0 fully saturated rings. The Bertz CT molecular complexity index is 693. The number of aromatic nitrogens is 5. The largest absolute Gasteiger partial charge is 0.408 e. The molecule has 2 amide bonds. The molecule has 0 saturated heterocycles. The molecule has 8 nitrogen and oxygen atoms in total. The summed E-state index contributed by atoms with van der Waals surface area (Å²) in [7, 11) is 0. The number of nitrogens with zero attached hydrogens (tertiary/aromatic N) is 5. The summed E-state index contributed by atoms with van der Waals surface area (Å²) in [6, 6.07) is 0.666. The van der Waals surface area contributed by atoms with E-state index in [2.05, 4.69) is 25.8 Å². The van der Waals surface area contributed by atoms with Crippen molar-refractivity contribution in [1.29, 1.82) is 0 Å². The Labute approximate surface area is 128 Å². The minimum absolute atomic E-state index is 0.0593. The van der Waals surface area contributed by atoms with E-state index >= 15 is 0 Å². The first-order valence-electron chi connectivity index (χ1n) is 6.93. The predicted octanol–water partition coefficient (Wildman–Crippen LogP) is 1.17. The Balaban J connectivity index is 1.52. The van der Waals surface area contributed by atoms with E-state index in [1.165, 1.54) is 12.4 Å². The molecule has 0 saturated carbocycles. The highest BCUT2D eigenvalue weighted by Gasteiger charge is 2.28. The molecule has 11 heteroatoms. The minimum Gasteiger partial charge on any atom is -0.333 e. The fourth-order valence-electron chi connectivity index (χ4n) is 2.39. The van der Waals surface area contributed by atoms with E-state index in [0.29, 0.717) is 19.4 Å². The van der Waals surface area contributed by atoms with Crippen LogP contribution in [-0.4, -0.2) is 42.8 Å². The van der Waals surface area contributed by atoms with Gasteiger partial charge in [0.25, 0.3) is 0 Å². The van der Waals surface area contributed by atoms with Crippen LogP contribution in [-0.2, 0) is 19.5 Å². The van der Waals surface area contributed by atoms with Crippen LogP contribution in [0.15, 0.2) is 18.6 Å². The highest BCUT2D eigenvalue weighted by molar-refractivity contribution is 5.88. The number of carbonyl (C=O) groups is 1. The van der Waals surface area contributed by atoms with Crippen LogP contribution in [0.25, 0.3) is 0 Å². The molecule has 0 aliphatic carbocycles. The van der Waals surface area contributed by atoms with Crippen LogP contribution in [0, 0.1) is 0 Å². The third-order valence-electron chi connectivity index (χ3n) is 3.36. The Morgan fingerprint density at radius 2 is 2.26 bits per heavy atom. The van der Waals surface area contributed by atoms with Gasteiger partial charge in [-0.2, -0.15) is 23.4 Å². The first kappa shape index (κ1) is 15.3. The van der Waals surface area contributed by atoms with Gasteiger partial charge in [-0.15, -0.1) is 0 Å². The molecule has 124 valence electrons. The molecule has 0 aromatic carbocycles. The third kappa shape index (κ3) is 3.99. The van der Waals surface area contributed by atoms with Crippen LogP contribution in [0.1, 0.15) is 12.2 Å². The van der Waals surface area contributed by atoms with Gasteiger partial charge in [0.15, 0.2) is 5.82 Å². The summed E-state index contributed by atoms with van der Waals surface area (Å²) in [5, 5.41) is 12.9. The number of anilines is 1. The summed E-state index contributed by atoms with van der Waals surface area (Å²) < 4.78 is 39.2. The number of amides is 2. The molecular weight excluding hydrogens is 315 g/mol. The van der Waals surface area contributed by atoms with Gasteiger partial charge in [-0.05, 0) is 6.42 Å². The lowest BCUT2D eigenvalue weighted by molar-refractivity contribution is -0.142. The fourth-order valence-corrected chi connectivity index (χ4v) is 2.39. The lowest BCUT2D eigenvalue weighted by atomic mass is 10.1. The average molecular weight is 329 g/mol. The van der Waals surface area contributed by atoms with Crippen molar-refractivity contribution in [3.05, 3.63) is 24.4 Å². The van der Waals surface area contributed by atoms with Crippen molar-refractivity contribution < 1.29 is 18.0 Å². The number of halogens is 3. The molecule has 0 bridgehead atoms. The Kier molecular flexibility index (Phi) is 3.92. The van der Waals surface area contributed by atoms with Crippen molar-refractivity contribution in [1.82, 2.24) is 29.9 Å². The highest BCUT2D eigenvalue weighted by Crippen LogP contribution is 2.17. The maximum Gasteiger partial charge on any atom is 0.408 e. The second-order valence-electron chi connectivity index (χ2n) is 5.21. The molecule has 2 aromatic rings. The maximum absolute atomic E-state index is 12.2. The summed E-state index contributed by atoms with van der Waals surface area (Å²) in [4.78, 5) is 16.0. The van der Waals surface area contributed by atoms with Gasteiger partial charge in [0.2, 0.25) is 0 Å². The van der Waals surface area contributed by atoms with Gasteiger partial charge in [-0.1, -0.05) is 0 Å². The van der Waals surface area contributed by atoms with Gasteiger partial charge < -0.3 is 5.32 Å². The highest BCUT2D eigenvalue weighted by atomic mass is 19.4. The predicted molar refractivity (Wildman–Crippen MR) is 72.6 cm³/mol. The molecule has 1 unspecified atom stereocenters. The number of rotatable bonds is 3. The summed E-state index contributed by atoms with van der Waals surface area (Å²) in [5.74, 6) is 0.929. The number of fused-ring (bicyclic) bond motifs is 1. The summed E-state index contributed by atoms with van der Waals surface area (Å²) in [5.41, 5.74) is 0. The van der Waals surface area contributed by atoms with Crippen molar-refractivity contribution in [2.75, 3.05) is 5.32 Å². The Morgan fingerprint density at radius 1 is 1.43 bits per heavy atom. The summed E-state index contributed by atoms with van der Waals surface area (Å²) in [6.45, 7) is -0.695. The zero-order chi connectivity index (χ0) is 16.4. The van der Waals surface area contributed by atoms with Crippen molar-refractivity contribution in [2.45, 2.75) is 38.1 Å². The molecule has 1 aliphatic heterocycles. The van der Waals surface area contributed by atoms with Crippen LogP contribution >= 0.6 is 0 Å². The second kappa shape index (κ2) is 5.89. The number of carbonyl (C=O) groups excluding carboxylic acids is 1. The number of aryl methyl sites for hydroxylation is 1. The topological polar surface area (TPSA) is 89.7 Å². The van der Waals surface area contributed by atoms with Crippen LogP contribution < -0.4 is 10.6 Å². The second-order valence-corrected chi connectivity index (χ2v) is 5.21. The molecule has 23 heavy (non-hydrogen) atoms. The Morgan fingerprint density at radius 3 is 3.04 bits per heavy atom. The molecule has 3 rings (SSSR count). The van der Waals surface area contributed by atoms with Crippen LogP contribution in [0.3, 0.4) is 0 Å². The summed E-state index contributed by atoms with van der Waals surface area (Å²) >= 11 is 0. The molecule has 2 aromatic heterocycles. The molecule has 1 aliphatic rings. The van der Waals surface area contributed by atoms with Crippen LogP contribution in [0.5, 0.6) is 0 Å². The number of hydrogen-bond donors (Lipinski definition) is 2. The first-order chi connectivity index (χ1) is 10.9. The number of nitrogens with one attached hydrogen (secondary N) is 2. The SMILES string of the molecule is O=C(Nc1ccn(CC(F)(F)F)n1)NC1CCc2ncnn2C1. The van der Waals surface area contributed by atoms with E-state index in [4.69, 9.17) is 0 Å². The monoisotopic (exact) mass is 329 g/mol. The maximum atomic E-state index is 12.2. The number of hydrogen-bond acceptors (Lipinski definition) is 4. The number of urea groups is 1. The zero-order valence-corrected chi connectivity index (χ0v) is 11.9. The van der Waals surface area contributed by atoms with Gasteiger partial charge in [0.1, 0.15) is 18.7 Å². The standard InChI is InChI=1S/C12H14F3N7O/c13-12(14,15)6-21-4-3-9(20-21)19-11(23)18-8-1-2-10-16-7-17-22(10)5-8/h3-4,7-8H,1-2,5-6H2,(H2,18,19,20,23). The Hall–Kier alpha value is -2.59. The van der Waals surface area contributed by atoms with E-state index in [0.717, 1.165) is 16.7 Å². The molecule has 2 N–H and O–H groups in total. The van der Waals surface area contributed by atoms with Gasteiger partial charge in [0, 0.05) is 18.7 Å². The third-order valence-corrected chi connectivity index (χ3v) is 3.36. The lowest BCUT2D eigenvalue weighted by Crippen LogP contribution is -2.43. The first-order valence-corrected chi connectivity index (χ1v) is 6.93. The van der Waals surface area contributed by atoms with E-state index in [1.807, 2.05) is 0 Å². The van der Waals surface area contributed by atoms with Gasteiger partial charge >= 0.3 is 12.2 Å². The van der Waals surface area contributed by atoms with Crippen molar-refractivity contribution in [3.8, 4) is 0 Å². The van der Waals surface area contributed by atoms with Gasteiger partial charge in [-0.3, -0.25) is 10.00 Å². The van der Waals surface area contributed by atoms with Crippen molar-refractivity contribution in [2.24, 2.45) is 0 Å². The van der Waals surface area contributed by atoms with Crippen LogP contribution in [0.2, 0.25) is 0 Å². The average Bonchev–Trinajstić information content (AvgIpc) is 3.05. The van der Waals surface area contributed by atoms with Crippen molar-refractivity contribution >= 4 is 11.8 Å². The molecular formula is C12H14F3N7O. The molecule has 3 heterocycles. The van der Waals surface area contributed by atoms with E-state index in [9.17, 15) is 18.0 Å². The van der Waals surface area contributed by atoms with Gasteiger partial charge in [-0.25, -0.2) is 14.5 Å². The van der Waals surface area contributed by atoms with E-state index in [1.54, 1.807) is 4.68 Å². The fraction of sp³-hybridized carbons (Fsp3) is 0.500.